The first-order chi connectivity index (χ1) is 8.71. The van der Waals surface area contributed by atoms with Crippen molar-refractivity contribution in [2.45, 2.75) is 52.0 Å². The summed E-state index contributed by atoms with van der Waals surface area (Å²) >= 11 is 5.90. The molecule has 2 nitrogen and oxygen atoms in total. The average molecular weight is 269 g/mol. The number of hydrazine groups is 1. The zero-order valence-corrected chi connectivity index (χ0v) is 12.2. The minimum atomic E-state index is 0.350. The maximum absolute atomic E-state index is 5.90. The number of unbranched alkanes of at least 4 members (excludes halogenated alkanes) is 1. The quantitative estimate of drug-likeness (QED) is 0.554. The van der Waals surface area contributed by atoms with E-state index in [0.717, 1.165) is 11.4 Å². The van der Waals surface area contributed by atoms with Gasteiger partial charge in [-0.25, -0.2) is 0 Å². The van der Waals surface area contributed by atoms with Crippen LogP contribution in [0, 0.1) is 5.92 Å². The summed E-state index contributed by atoms with van der Waals surface area (Å²) in [6, 6.07) is 8.40. The monoisotopic (exact) mass is 268 g/mol. The standard InChI is InChI=1S/C15H25ClN2/c1-3-5-6-13(4-2)15(18-17)11-12-7-9-14(16)10-8-12/h7-10,13,15,18H,3-6,11,17H2,1-2H3. The number of hydrogen-bond donors (Lipinski definition) is 2. The van der Waals surface area contributed by atoms with E-state index in [-0.39, 0.29) is 0 Å². The third-order valence-corrected chi connectivity index (χ3v) is 3.86. The van der Waals surface area contributed by atoms with Crippen molar-refractivity contribution in [1.82, 2.24) is 5.43 Å². The van der Waals surface area contributed by atoms with E-state index >= 15 is 0 Å². The Labute approximate surface area is 116 Å². The van der Waals surface area contributed by atoms with Crippen LogP contribution in [0.3, 0.4) is 0 Å². The van der Waals surface area contributed by atoms with Crippen LogP contribution in [-0.4, -0.2) is 6.04 Å². The second-order valence-corrected chi connectivity index (χ2v) is 5.35. The minimum absolute atomic E-state index is 0.350. The Hall–Kier alpha value is -0.570. The molecule has 2 atom stereocenters. The Bertz CT molecular complexity index is 324. The van der Waals surface area contributed by atoms with E-state index in [1.807, 2.05) is 12.1 Å². The van der Waals surface area contributed by atoms with Gasteiger partial charge in [-0.05, 0) is 36.5 Å². The molecule has 0 radical (unpaired) electrons. The van der Waals surface area contributed by atoms with Crippen LogP contribution < -0.4 is 11.3 Å². The lowest BCUT2D eigenvalue weighted by Gasteiger charge is -2.25. The molecule has 0 aliphatic carbocycles. The van der Waals surface area contributed by atoms with E-state index in [4.69, 9.17) is 17.4 Å². The van der Waals surface area contributed by atoms with Gasteiger partial charge in [-0.1, -0.05) is 56.8 Å². The van der Waals surface area contributed by atoms with Gasteiger partial charge in [-0.15, -0.1) is 0 Å². The first-order valence-electron chi connectivity index (χ1n) is 6.91. The van der Waals surface area contributed by atoms with Gasteiger partial charge in [0.1, 0.15) is 0 Å². The van der Waals surface area contributed by atoms with E-state index in [9.17, 15) is 0 Å². The number of halogens is 1. The zero-order valence-electron chi connectivity index (χ0n) is 11.5. The smallest absolute Gasteiger partial charge is 0.0406 e. The van der Waals surface area contributed by atoms with Crippen molar-refractivity contribution in [3.05, 3.63) is 34.9 Å². The predicted molar refractivity (Wildman–Crippen MR) is 79.6 cm³/mol. The summed E-state index contributed by atoms with van der Waals surface area (Å²) in [4.78, 5) is 0. The first kappa shape index (κ1) is 15.5. The fraction of sp³-hybridized carbons (Fsp3) is 0.600. The number of benzene rings is 1. The normalized spacial score (nSPS) is 14.4. The highest BCUT2D eigenvalue weighted by Crippen LogP contribution is 2.20. The highest BCUT2D eigenvalue weighted by atomic mass is 35.5. The molecule has 0 fully saturated rings. The van der Waals surface area contributed by atoms with Gasteiger partial charge in [0.25, 0.3) is 0 Å². The van der Waals surface area contributed by atoms with Gasteiger partial charge in [0, 0.05) is 11.1 Å². The lowest BCUT2D eigenvalue weighted by Crippen LogP contribution is -2.42. The second-order valence-electron chi connectivity index (χ2n) is 4.91. The van der Waals surface area contributed by atoms with E-state index in [1.54, 1.807) is 0 Å². The van der Waals surface area contributed by atoms with Crippen molar-refractivity contribution in [2.75, 3.05) is 0 Å². The Morgan fingerprint density at radius 2 is 1.89 bits per heavy atom. The summed E-state index contributed by atoms with van der Waals surface area (Å²) < 4.78 is 0. The molecule has 0 saturated heterocycles. The van der Waals surface area contributed by atoms with E-state index in [0.29, 0.717) is 12.0 Å². The third kappa shape index (κ3) is 4.97. The molecule has 18 heavy (non-hydrogen) atoms. The van der Waals surface area contributed by atoms with Gasteiger partial charge < -0.3 is 0 Å². The van der Waals surface area contributed by atoms with Crippen LogP contribution in [-0.2, 0) is 6.42 Å². The fourth-order valence-electron chi connectivity index (χ4n) is 2.39. The molecule has 0 aliphatic rings. The van der Waals surface area contributed by atoms with Crippen LogP contribution in [0.4, 0.5) is 0 Å². The molecule has 0 aliphatic heterocycles. The van der Waals surface area contributed by atoms with E-state index < -0.39 is 0 Å². The summed E-state index contributed by atoms with van der Waals surface area (Å²) in [6.07, 6.45) is 5.90. The van der Waals surface area contributed by atoms with Crippen molar-refractivity contribution in [3.63, 3.8) is 0 Å². The molecule has 3 N–H and O–H groups in total. The molecule has 1 aromatic carbocycles. The lowest BCUT2D eigenvalue weighted by atomic mass is 9.88. The van der Waals surface area contributed by atoms with Gasteiger partial charge in [0.05, 0.1) is 0 Å². The molecule has 0 heterocycles. The number of rotatable bonds is 8. The van der Waals surface area contributed by atoms with Gasteiger partial charge in [-0.2, -0.15) is 0 Å². The van der Waals surface area contributed by atoms with E-state index in [1.165, 1.54) is 31.2 Å². The van der Waals surface area contributed by atoms with Crippen LogP contribution in [0.25, 0.3) is 0 Å². The molecule has 0 amide bonds. The SMILES string of the molecule is CCCCC(CC)C(Cc1ccc(Cl)cc1)NN. The molecule has 102 valence electrons. The van der Waals surface area contributed by atoms with Crippen LogP contribution >= 0.6 is 11.6 Å². The van der Waals surface area contributed by atoms with Gasteiger partial charge in [-0.3, -0.25) is 11.3 Å². The Morgan fingerprint density at radius 3 is 2.39 bits per heavy atom. The van der Waals surface area contributed by atoms with Crippen LogP contribution in [0.5, 0.6) is 0 Å². The molecule has 1 aromatic rings. The van der Waals surface area contributed by atoms with Crippen molar-refractivity contribution in [2.24, 2.45) is 11.8 Å². The predicted octanol–water partition coefficient (Wildman–Crippen LogP) is 3.93. The van der Waals surface area contributed by atoms with Gasteiger partial charge in [0.15, 0.2) is 0 Å². The third-order valence-electron chi connectivity index (χ3n) is 3.60. The summed E-state index contributed by atoms with van der Waals surface area (Å²) in [5, 5.41) is 0.786. The van der Waals surface area contributed by atoms with Gasteiger partial charge in [0.2, 0.25) is 0 Å². The molecular formula is C15H25ClN2. The number of nitrogens with one attached hydrogen (secondary N) is 1. The van der Waals surface area contributed by atoms with E-state index in [2.05, 4.69) is 31.4 Å². The summed E-state index contributed by atoms with van der Waals surface area (Å²) in [7, 11) is 0. The van der Waals surface area contributed by atoms with Crippen molar-refractivity contribution in [3.8, 4) is 0 Å². The topological polar surface area (TPSA) is 38.0 Å². The summed E-state index contributed by atoms with van der Waals surface area (Å²) in [5.41, 5.74) is 4.28. The highest BCUT2D eigenvalue weighted by Gasteiger charge is 2.18. The second kappa shape index (κ2) is 8.52. The first-order valence-corrected chi connectivity index (χ1v) is 7.29. The molecule has 3 heteroatoms. The molecule has 0 aromatic heterocycles. The van der Waals surface area contributed by atoms with Crippen LogP contribution in [0.1, 0.15) is 45.1 Å². The molecule has 0 spiro atoms. The molecule has 0 bridgehead atoms. The summed E-state index contributed by atoms with van der Waals surface area (Å²) in [5.74, 6) is 6.37. The zero-order chi connectivity index (χ0) is 13.4. The van der Waals surface area contributed by atoms with Crippen LogP contribution in [0.15, 0.2) is 24.3 Å². The maximum atomic E-state index is 5.90. The molecule has 0 saturated carbocycles. The molecular weight excluding hydrogens is 244 g/mol. The Kier molecular flexibility index (Phi) is 7.33. The lowest BCUT2D eigenvalue weighted by molar-refractivity contribution is 0.318. The number of hydrogen-bond acceptors (Lipinski definition) is 2. The van der Waals surface area contributed by atoms with Crippen molar-refractivity contribution in [1.29, 1.82) is 0 Å². The average Bonchev–Trinajstić information content (AvgIpc) is 2.40. The largest absolute Gasteiger partial charge is 0.271 e. The molecule has 2 unspecified atom stereocenters. The Morgan fingerprint density at radius 1 is 1.22 bits per heavy atom. The van der Waals surface area contributed by atoms with Gasteiger partial charge >= 0.3 is 0 Å². The van der Waals surface area contributed by atoms with Crippen LogP contribution in [0.2, 0.25) is 5.02 Å². The fourth-order valence-corrected chi connectivity index (χ4v) is 2.52. The summed E-state index contributed by atoms with van der Waals surface area (Å²) in [6.45, 7) is 4.48. The molecule has 1 rings (SSSR count). The highest BCUT2D eigenvalue weighted by molar-refractivity contribution is 6.30. The maximum Gasteiger partial charge on any atom is 0.0406 e. The number of nitrogens with two attached hydrogens (primary N) is 1. The van der Waals surface area contributed by atoms with Crippen molar-refractivity contribution < 1.29 is 0 Å². The Balaban J connectivity index is 2.61. The minimum Gasteiger partial charge on any atom is -0.271 e. The van der Waals surface area contributed by atoms with Crippen molar-refractivity contribution >= 4 is 11.6 Å².